The minimum Gasteiger partial charge on any atom is -0.253 e. The third-order valence-corrected chi connectivity index (χ3v) is 2.96. The second-order valence-corrected chi connectivity index (χ2v) is 4.29. The van der Waals surface area contributed by atoms with Gasteiger partial charge in [0, 0.05) is 15.5 Å². The van der Waals surface area contributed by atoms with E-state index < -0.39 is 9.73 Å². The van der Waals surface area contributed by atoms with E-state index in [1.807, 2.05) is 0 Å². The lowest BCUT2D eigenvalue weighted by molar-refractivity contribution is 0.660. The van der Waals surface area contributed by atoms with Gasteiger partial charge < -0.3 is 0 Å². The first kappa shape index (κ1) is 6.08. The molecule has 1 heterocycles. The predicted octanol–water partition coefficient (Wildman–Crippen LogP) is 1.38. The lowest BCUT2D eigenvalue weighted by Gasteiger charge is -2.11. The Morgan fingerprint density at radius 3 is 2.50 bits per heavy atom. The highest BCUT2D eigenvalue weighted by Crippen LogP contribution is 2.14. The van der Waals surface area contributed by atoms with Gasteiger partial charge in [-0.25, -0.2) is 4.21 Å². The van der Waals surface area contributed by atoms with E-state index in [2.05, 4.69) is 0 Å². The topological polar surface area (TPSA) is 40.9 Å². The summed E-state index contributed by atoms with van der Waals surface area (Å²) in [5.41, 5.74) is 0. The highest BCUT2D eigenvalue weighted by atomic mass is 32.2. The lowest BCUT2D eigenvalue weighted by atomic mass is 10.3. The van der Waals surface area contributed by atoms with E-state index in [0.717, 1.165) is 19.3 Å². The van der Waals surface area contributed by atoms with Crippen LogP contribution in [0.4, 0.5) is 0 Å². The fourth-order valence-corrected chi connectivity index (χ4v) is 2.16. The van der Waals surface area contributed by atoms with Crippen LogP contribution < -0.4 is 0 Å². The second-order valence-electron chi connectivity index (χ2n) is 2.09. The van der Waals surface area contributed by atoms with Gasteiger partial charge in [0.05, 0.1) is 5.75 Å². The summed E-state index contributed by atoms with van der Waals surface area (Å²) >= 11 is 0. The van der Waals surface area contributed by atoms with E-state index in [1.165, 1.54) is 0 Å². The Hall–Kier alpha value is -0.0500. The quantitative estimate of drug-likeness (QED) is 0.531. The Balaban J connectivity index is 2.58. The average molecular weight is 132 g/mol. The number of rotatable bonds is 0. The molecule has 0 aliphatic carbocycles. The van der Waals surface area contributed by atoms with Crippen molar-refractivity contribution < 1.29 is 4.21 Å². The fourth-order valence-electron chi connectivity index (χ4n) is 0.818. The second kappa shape index (κ2) is 2.05. The molecular weight excluding hydrogens is 122 g/mol. The van der Waals surface area contributed by atoms with Crippen molar-refractivity contribution in [2.45, 2.75) is 19.3 Å². The predicted molar refractivity (Wildman–Crippen MR) is 33.9 cm³/mol. The van der Waals surface area contributed by atoms with Gasteiger partial charge in [-0.1, -0.05) is 6.42 Å². The van der Waals surface area contributed by atoms with Crippen LogP contribution in [0.25, 0.3) is 0 Å². The van der Waals surface area contributed by atoms with Crippen LogP contribution in [0, 0.1) is 10.5 Å². The van der Waals surface area contributed by atoms with Crippen molar-refractivity contribution in [1.82, 2.24) is 0 Å². The highest BCUT2D eigenvalue weighted by Gasteiger charge is 2.10. The molecule has 0 aromatic rings. The Labute approximate surface area is 50.3 Å². The number of hydrogen-bond acceptors (Lipinski definition) is 2. The maximum absolute atomic E-state index is 10.8. The molecule has 1 aliphatic heterocycles. The normalized spacial score (nSPS) is 27.5. The molecule has 1 rings (SSSR count). The molecule has 0 saturated carbocycles. The molecule has 8 heavy (non-hydrogen) atoms. The van der Waals surface area contributed by atoms with Crippen molar-refractivity contribution in [3.8, 4) is 0 Å². The molecule has 3 heteroatoms. The van der Waals surface area contributed by atoms with Gasteiger partial charge in [-0.15, -0.1) is 0 Å². The van der Waals surface area contributed by atoms with Gasteiger partial charge in [0.15, 0.2) is 0 Å². The third-order valence-electron chi connectivity index (χ3n) is 1.29. The first-order valence-corrected chi connectivity index (χ1v) is 4.59. The van der Waals surface area contributed by atoms with Gasteiger partial charge in [0.1, 0.15) is 0 Å². The molecule has 47 valence electrons. The summed E-state index contributed by atoms with van der Waals surface area (Å²) in [6.07, 6.45) is 2.97. The molecule has 1 radical (unpaired) electrons. The molecule has 2 nitrogen and oxygen atoms in total. The Kier molecular flexibility index (Phi) is 1.56. The van der Waals surface area contributed by atoms with E-state index in [9.17, 15) is 4.21 Å². The van der Waals surface area contributed by atoms with E-state index in [4.69, 9.17) is 4.78 Å². The molecular formula is C5H10NOS. The minimum atomic E-state index is -2.21. The van der Waals surface area contributed by atoms with Crippen LogP contribution in [-0.2, 0) is 9.73 Å². The summed E-state index contributed by atoms with van der Waals surface area (Å²) in [5, 5.41) is 0. The van der Waals surface area contributed by atoms with E-state index in [-0.39, 0.29) is 0 Å². The Bertz CT molecular complexity index is 147. The zero-order valence-electron chi connectivity index (χ0n) is 4.72. The monoisotopic (exact) mass is 132 g/mol. The lowest BCUT2D eigenvalue weighted by Crippen LogP contribution is -2.09. The number of hydrogen-bond donors (Lipinski definition) is 1. The molecule has 1 atom stereocenters. The molecule has 0 aromatic carbocycles. The van der Waals surface area contributed by atoms with E-state index in [0.29, 0.717) is 5.75 Å². The van der Waals surface area contributed by atoms with Gasteiger partial charge in [0.2, 0.25) is 0 Å². The van der Waals surface area contributed by atoms with Gasteiger partial charge in [0.25, 0.3) is 0 Å². The molecule has 0 spiro atoms. The van der Waals surface area contributed by atoms with Crippen LogP contribution in [0.15, 0.2) is 0 Å². The van der Waals surface area contributed by atoms with Crippen LogP contribution >= 0.6 is 0 Å². The zero-order chi connectivity index (χ0) is 6.04. The summed E-state index contributed by atoms with van der Waals surface area (Å²) in [6.45, 7) is 0. The van der Waals surface area contributed by atoms with Gasteiger partial charge in [-0.05, 0) is 12.8 Å². The Morgan fingerprint density at radius 1 is 1.50 bits per heavy atom. The van der Waals surface area contributed by atoms with Crippen molar-refractivity contribution in [2.24, 2.45) is 0 Å². The molecule has 1 aliphatic rings. The highest BCUT2D eigenvalue weighted by molar-refractivity contribution is 7.94. The summed E-state index contributed by atoms with van der Waals surface area (Å²) in [7, 11) is -2.21. The van der Waals surface area contributed by atoms with Crippen LogP contribution in [0.5, 0.6) is 0 Å². The van der Waals surface area contributed by atoms with Crippen molar-refractivity contribution >= 4 is 9.73 Å². The van der Waals surface area contributed by atoms with E-state index >= 15 is 0 Å². The summed E-state index contributed by atoms with van der Waals surface area (Å²) in [4.78, 5) is 0. The first-order chi connectivity index (χ1) is 3.71. The number of nitrogens with one attached hydrogen (secondary N) is 1. The third kappa shape index (κ3) is 1.47. The smallest absolute Gasteiger partial charge is 0.0580 e. The molecule has 1 N–H and O–H groups in total. The largest absolute Gasteiger partial charge is 0.253 e. The summed E-state index contributed by atoms with van der Waals surface area (Å²) in [5.74, 6) is 2.24. The standard InChI is InChI=1S/C5H10NOS/c6-8(7)4-2-1-3-5-8/h4,6H,1-3,5H2. The summed E-state index contributed by atoms with van der Waals surface area (Å²) < 4.78 is 17.9. The van der Waals surface area contributed by atoms with Crippen LogP contribution in [0.3, 0.4) is 0 Å². The van der Waals surface area contributed by atoms with Crippen molar-refractivity contribution in [1.29, 1.82) is 4.78 Å². The van der Waals surface area contributed by atoms with Crippen LogP contribution in [0.2, 0.25) is 0 Å². The van der Waals surface area contributed by atoms with Crippen LogP contribution in [0.1, 0.15) is 19.3 Å². The molecule has 0 amide bonds. The SMILES string of the molecule is N=S1(=O)[CH]CCCC1. The van der Waals surface area contributed by atoms with Crippen LogP contribution in [-0.4, -0.2) is 9.96 Å². The van der Waals surface area contributed by atoms with Gasteiger partial charge in [-0.2, -0.15) is 0 Å². The average Bonchev–Trinajstić information content (AvgIpc) is 1.65. The van der Waals surface area contributed by atoms with Crippen molar-refractivity contribution in [3.05, 3.63) is 5.75 Å². The molecule has 1 unspecified atom stereocenters. The zero-order valence-corrected chi connectivity index (χ0v) is 5.54. The molecule has 0 bridgehead atoms. The molecule has 1 saturated heterocycles. The summed E-state index contributed by atoms with van der Waals surface area (Å²) in [6, 6.07) is 0. The molecule has 0 aromatic heterocycles. The maximum Gasteiger partial charge on any atom is 0.0580 e. The first-order valence-electron chi connectivity index (χ1n) is 2.80. The van der Waals surface area contributed by atoms with Gasteiger partial charge >= 0.3 is 0 Å². The van der Waals surface area contributed by atoms with Gasteiger partial charge in [-0.3, -0.25) is 4.78 Å². The molecule has 1 fully saturated rings. The van der Waals surface area contributed by atoms with E-state index in [1.54, 1.807) is 5.75 Å². The maximum atomic E-state index is 10.8. The fraction of sp³-hybridized carbons (Fsp3) is 0.800. The Morgan fingerprint density at radius 2 is 2.25 bits per heavy atom. The van der Waals surface area contributed by atoms with Crippen molar-refractivity contribution in [3.63, 3.8) is 0 Å². The van der Waals surface area contributed by atoms with Crippen molar-refractivity contribution in [2.75, 3.05) is 5.75 Å². The minimum absolute atomic E-state index is 0.590.